The molecule has 4 aromatic heterocycles. The highest BCUT2D eigenvalue weighted by atomic mass is 35.5. The monoisotopic (exact) mass is 880 g/mol. The Morgan fingerprint density at radius 2 is 1.63 bits per heavy atom. The van der Waals surface area contributed by atoms with E-state index >= 15 is 0 Å². The zero-order chi connectivity index (χ0) is 43.9. The molecule has 0 saturated heterocycles. The van der Waals surface area contributed by atoms with Gasteiger partial charge in [-0.1, -0.05) is 48.3 Å². The minimum Gasteiger partial charge on any atom is -0.508 e. The predicted molar refractivity (Wildman–Crippen MR) is 236 cm³/mol. The lowest BCUT2D eigenvalue weighted by molar-refractivity contribution is -0.135. The molecule has 6 aromatic rings. The van der Waals surface area contributed by atoms with Gasteiger partial charge in [-0.2, -0.15) is 5.10 Å². The molecule has 4 amide bonds. The number of nitrogens with one attached hydrogen (secondary N) is 4. The number of nitrogens with zero attached hydrogens (tertiary/aromatic N) is 5. The van der Waals surface area contributed by atoms with E-state index in [0.717, 1.165) is 50.0 Å². The van der Waals surface area contributed by atoms with Gasteiger partial charge < -0.3 is 41.8 Å². The maximum absolute atomic E-state index is 12.8. The lowest BCUT2D eigenvalue weighted by Gasteiger charge is -2.26. The molecule has 7 rings (SSSR count). The van der Waals surface area contributed by atoms with Gasteiger partial charge in [0, 0.05) is 109 Å². The summed E-state index contributed by atoms with van der Waals surface area (Å²) in [6.45, 7) is 3.36. The fraction of sp³-hybridized carbons (Fsp3) is 0.295. The first-order valence-corrected chi connectivity index (χ1v) is 21.0. The Morgan fingerprint density at radius 3 is 2.34 bits per heavy atom. The summed E-state index contributed by atoms with van der Waals surface area (Å²) >= 11 is 13.1. The molecule has 18 heteroatoms. The van der Waals surface area contributed by atoms with E-state index in [4.69, 9.17) is 34.0 Å². The molecule has 1 aliphatic rings. The molecule has 62 heavy (non-hydrogen) atoms. The first-order chi connectivity index (χ1) is 29.9. The molecular formula is C44H46Cl2N10O6. The first kappa shape index (κ1) is 43.6. The number of pyridine rings is 2. The molecular weight excluding hydrogens is 835 g/mol. The van der Waals surface area contributed by atoms with Gasteiger partial charge in [-0.15, -0.1) is 0 Å². The van der Waals surface area contributed by atoms with Gasteiger partial charge in [0.05, 0.1) is 27.8 Å². The second-order valence-corrected chi connectivity index (χ2v) is 15.6. The van der Waals surface area contributed by atoms with Crippen molar-refractivity contribution in [2.24, 2.45) is 0 Å². The van der Waals surface area contributed by atoms with E-state index < -0.39 is 6.61 Å². The Hall–Kier alpha value is -6.49. The highest BCUT2D eigenvalue weighted by molar-refractivity contribution is 6.45. The highest BCUT2D eigenvalue weighted by Gasteiger charge is 2.27. The average Bonchev–Trinajstić information content (AvgIpc) is 3.91. The van der Waals surface area contributed by atoms with Crippen molar-refractivity contribution in [3.63, 3.8) is 0 Å². The maximum Gasteiger partial charge on any atom is 0.269 e. The van der Waals surface area contributed by atoms with E-state index in [9.17, 15) is 29.4 Å². The van der Waals surface area contributed by atoms with Crippen LogP contribution in [0.5, 0.6) is 5.75 Å². The molecule has 5 heterocycles. The number of fused-ring (bicyclic) bond motifs is 3. The van der Waals surface area contributed by atoms with Crippen molar-refractivity contribution in [3.8, 4) is 39.3 Å². The Morgan fingerprint density at radius 1 is 0.903 bits per heavy atom. The van der Waals surface area contributed by atoms with E-state index in [2.05, 4.69) is 30.9 Å². The van der Waals surface area contributed by atoms with Crippen LogP contribution in [0.4, 0.5) is 5.82 Å². The molecule has 0 bridgehead atoms. The summed E-state index contributed by atoms with van der Waals surface area (Å²) in [5, 5.41) is 33.8. The number of carbonyl (C=O) groups excluding carboxylic acids is 4. The number of phenolic OH excluding ortho intramolecular Hbond substituents is 1. The number of aromatic amines is 1. The number of aromatic hydroxyl groups is 1. The second kappa shape index (κ2) is 19.5. The summed E-state index contributed by atoms with van der Waals surface area (Å²) in [5.41, 5.74) is 14.6. The minimum atomic E-state index is -0.563. The summed E-state index contributed by atoms with van der Waals surface area (Å²) < 4.78 is 1.71. The molecule has 322 valence electrons. The van der Waals surface area contributed by atoms with Crippen LogP contribution in [0.2, 0.25) is 10.0 Å². The summed E-state index contributed by atoms with van der Waals surface area (Å²) in [4.78, 5) is 63.8. The Labute approximate surface area is 366 Å². The minimum absolute atomic E-state index is 0.147. The second-order valence-electron chi connectivity index (χ2n) is 14.8. The predicted octanol–water partition coefficient (Wildman–Crippen LogP) is 5.02. The molecule has 0 radical (unpaired) electrons. The van der Waals surface area contributed by atoms with Crippen LogP contribution in [-0.4, -0.2) is 96.3 Å². The number of H-pyrrole nitrogens is 1. The number of aromatic nitrogens is 5. The topological polar surface area (TPSA) is 233 Å². The number of phenols is 1. The fourth-order valence-electron chi connectivity index (χ4n) is 7.67. The van der Waals surface area contributed by atoms with Gasteiger partial charge in [-0.25, -0.2) is 4.98 Å². The lowest BCUT2D eigenvalue weighted by atomic mass is 9.92. The number of amides is 4. The van der Waals surface area contributed by atoms with E-state index in [1.807, 2.05) is 13.0 Å². The number of benzene rings is 2. The maximum atomic E-state index is 12.8. The van der Waals surface area contributed by atoms with Crippen molar-refractivity contribution >= 4 is 63.6 Å². The van der Waals surface area contributed by atoms with Gasteiger partial charge in [0.1, 0.15) is 23.9 Å². The number of nitrogen functional groups attached to an aromatic ring is 1. The third-order valence-corrected chi connectivity index (χ3v) is 11.6. The first-order valence-electron chi connectivity index (χ1n) is 20.2. The molecule has 0 spiro atoms. The summed E-state index contributed by atoms with van der Waals surface area (Å²) in [6, 6.07) is 13.8. The molecule has 0 fully saturated rings. The van der Waals surface area contributed by atoms with Gasteiger partial charge in [-0.3, -0.25) is 28.8 Å². The number of aliphatic hydroxyl groups excluding tert-OH is 1. The van der Waals surface area contributed by atoms with Crippen molar-refractivity contribution in [3.05, 3.63) is 99.7 Å². The van der Waals surface area contributed by atoms with Crippen LogP contribution in [0.15, 0.2) is 67.1 Å². The largest absolute Gasteiger partial charge is 0.508 e. The summed E-state index contributed by atoms with van der Waals surface area (Å²) in [6.07, 6.45) is 7.00. The van der Waals surface area contributed by atoms with Crippen LogP contribution in [-0.2, 0) is 40.3 Å². The van der Waals surface area contributed by atoms with Crippen LogP contribution in [0.1, 0.15) is 53.5 Å². The number of nitrogens with two attached hydrogens (primary N) is 1. The zero-order valence-corrected chi connectivity index (χ0v) is 35.4. The van der Waals surface area contributed by atoms with Gasteiger partial charge in [0.2, 0.25) is 17.7 Å². The van der Waals surface area contributed by atoms with Gasteiger partial charge in [-0.05, 0) is 54.3 Å². The summed E-state index contributed by atoms with van der Waals surface area (Å²) in [7, 11) is 0. The van der Waals surface area contributed by atoms with Gasteiger partial charge >= 0.3 is 0 Å². The zero-order valence-electron chi connectivity index (χ0n) is 33.9. The lowest BCUT2D eigenvalue weighted by Crippen LogP contribution is -2.37. The Balaban J connectivity index is 0.825. The van der Waals surface area contributed by atoms with E-state index in [1.165, 1.54) is 0 Å². The van der Waals surface area contributed by atoms with Crippen LogP contribution in [0.3, 0.4) is 0 Å². The average molecular weight is 882 g/mol. The fourth-order valence-corrected chi connectivity index (χ4v) is 8.07. The van der Waals surface area contributed by atoms with Crippen LogP contribution >= 0.6 is 23.2 Å². The Kier molecular flexibility index (Phi) is 13.7. The summed E-state index contributed by atoms with van der Waals surface area (Å²) in [5.74, 6) is -0.634. The third kappa shape index (κ3) is 9.67. The number of hydrogen-bond acceptors (Lipinski definition) is 10. The number of aliphatic hydroxyl groups is 1. The standard InChI is InChI=1S/C44H46Cl2N10O6/c1-2-28-30(22-52-43(47)39(28)25-6-9-27(58)10-7-25)26-8-11-35(51-21-26)44(62)50-15-14-48-36(59)4-3-5-37(60)49-16-19-56-18-13-34(54-56)29-20-32(45)41(46)42-40(29)31-23-55(38(61)24-57)17-12-33(31)53-42/h6-11,13,18,20-22,53,57-58H,2-5,12,14-17,19,23-24H2,1H3,(H2,47,52)(H,48,59)(H,49,60)(H,50,62). The number of rotatable bonds is 16. The van der Waals surface area contributed by atoms with Gasteiger partial charge in [0.25, 0.3) is 5.91 Å². The Bertz CT molecular complexity index is 2630. The number of halogens is 2. The molecule has 8 N–H and O–H groups in total. The number of anilines is 1. The van der Waals surface area contributed by atoms with Gasteiger partial charge in [0.15, 0.2) is 0 Å². The van der Waals surface area contributed by atoms with Crippen LogP contribution in [0.25, 0.3) is 44.4 Å². The molecule has 0 saturated carbocycles. The number of hydrogen-bond donors (Lipinski definition) is 7. The molecule has 0 atom stereocenters. The van der Waals surface area contributed by atoms with Crippen molar-refractivity contribution in [2.45, 2.75) is 52.1 Å². The van der Waals surface area contributed by atoms with Crippen LogP contribution < -0.4 is 21.7 Å². The van der Waals surface area contributed by atoms with E-state index in [0.29, 0.717) is 72.5 Å². The quantitative estimate of drug-likeness (QED) is 0.0642. The van der Waals surface area contributed by atoms with Crippen molar-refractivity contribution in [1.29, 1.82) is 0 Å². The highest BCUT2D eigenvalue weighted by Crippen LogP contribution is 2.42. The van der Waals surface area contributed by atoms with Crippen molar-refractivity contribution < 1.29 is 29.4 Å². The van der Waals surface area contributed by atoms with E-state index in [1.54, 1.807) is 70.6 Å². The third-order valence-electron chi connectivity index (χ3n) is 10.8. The smallest absolute Gasteiger partial charge is 0.269 e. The van der Waals surface area contributed by atoms with Crippen molar-refractivity contribution in [1.82, 2.24) is 45.6 Å². The molecule has 2 aromatic carbocycles. The van der Waals surface area contributed by atoms with Crippen molar-refractivity contribution in [2.75, 3.05) is 38.5 Å². The number of carbonyl (C=O) groups is 4. The molecule has 16 nitrogen and oxygen atoms in total. The SMILES string of the molecule is CCc1c(-c2ccc(C(=O)NCCNC(=O)CCCC(=O)NCCn3ccc(-c4cc(Cl)c(Cl)c5[nH]c6c(c45)CN(C(=O)CO)CC6)n3)nc2)cnc(N)c1-c1ccc(O)cc1. The molecule has 1 aliphatic heterocycles. The van der Waals surface area contributed by atoms with E-state index in [-0.39, 0.29) is 61.0 Å². The van der Waals surface area contributed by atoms with Crippen LogP contribution in [0, 0.1) is 0 Å². The normalized spacial score (nSPS) is 12.3. The molecule has 0 aliphatic carbocycles. The molecule has 0 unspecified atom stereocenters.